The lowest BCUT2D eigenvalue weighted by Gasteiger charge is -2.51. The van der Waals surface area contributed by atoms with E-state index in [0.29, 0.717) is 16.5 Å². The lowest BCUT2D eigenvalue weighted by atomic mass is 9.94. The second-order valence-electron chi connectivity index (χ2n) is 28.6. The number of carbonyl (C=O) groups excluding carboxylic acids is 16. The lowest BCUT2D eigenvalue weighted by Crippen LogP contribution is -2.70. The highest BCUT2D eigenvalue weighted by Gasteiger charge is 2.64. The third-order valence-electron chi connectivity index (χ3n) is 18.2. The van der Waals surface area contributed by atoms with E-state index in [1.165, 1.54) is 6.07 Å². The number of hydrogen-bond donors (Lipinski definition) is 1. The molecule has 2 aromatic rings. The quantitative estimate of drug-likeness (QED) is 0.0521. The van der Waals surface area contributed by atoms with Crippen molar-refractivity contribution in [2.45, 2.75) is 276 Å². The smallest absolute Gasteiger partial charge is 0.303 e. The molecule has 25 atom stereocenters. The van der Waals surface area contributed by atoms with Crippen LogP contribution in [0.4, 0.5) is 5.69 Å². The Bertz CT molecular complexity index is 4290. The minimum atomic E-state index is -4.31. The summed E-state index contributed by atoms with van der Waals surface area (Å²) in [7, 11) is -0.752. The number of ether oxygens (including phenoxy) is 26. The maximum absolute atomic E-state index is 14.1. The lowest BCUT2D eigenvalue weighted by molar-refractivity contribution is -0.397. The number of sulfonamides is 1. The SMILES string of the molecule is CC(=O)OC[C@H]1O[C@H](O[C@@H]2[C@H](OC(C)=O)[C@@H](O[C@@H]3[C@H](OC(C)=O)[C@@H](O[C@@H]4[C@H](OC(C)=O)[C@@H](O[C@@H]5[C@@H](OCCCNS(=O)(=O)c6cccc7c(N(C)C)cccc67)O[C@H](COC(C)=O)[C@@H](OC(C)=O)[C@@H]5OC(C)=O)O[C@H](COC(C)=O)[C@H]4OC(C)=O)O[C@H](COC(C)=O)[C@H]3OC(C)=O)O[C@H](COC(C)=O)[C@H]2OC(C)=O)[C@@H](OC(C)=O)[C@@H](OC(C)=O)[C@@H]1OC(C)=O. The van der Waals surface area contributed by atoms with Crippen LogP contribution in [0.2, 0.25) is 0 Å². The van der Waals surface area contributed by atoms with Crippen molar-refractivity contribution in [2.75, 3.05) is 65.2 Å². The van der Waals surface area contributed by atoms with Crippen LogP contribution in [0.25, 0.3) is 10.8 Å². The normalized spacial score (nSPS) is 29.7. The zero-order chi connectivity index (χ0) is 92.0. The molecule has 5 fully saturated rings. The standard InChI is InChI=1S/C77H102N2O44S/c1-33(80)99-28-52-58(104-38(6)85)63(109-43(11)90)68(73(115-52)98-27-21-26-78-124(96,97)57-25-20-22-49-50(57)23-19-24-51(49)79(17)18)123-77-72(114-48(16)95)67(62(108-42(10)89)56(119-77)32-103-37(5)84)122-76-71(113-47(15)94)66(61(107-41(9)88)55(118-76)31-102-36(4)83)121-75-70(112-46(14)93)65(60(106-40(8)87)54(117-75)30-101-35(3)82)120-74-69(111-45(13)92)64(110-44(12)91)59(105-39(7)86)53(116-74)29-100-34(2)81/h19-20,22-25,52-56,58-78H,21,26-32H2,1-18H3/t52-,53-,54-,55-,56-,58-,59-,60-,61-,62-,63+,64+,65+,66+,67+,68+,69+,70+,71+,72+,73+,74-,75-,76-,77-/m1/s1. The first-order valence-corrected chi connectivity index (χ1v) is 40.0. The molecule has 47 heteroatoms. The fourth-order valence-corrected chi connectivity index (χ4v) is 15.2. The first-order valence-electron chi connectivity index (χ1n) is 38.5. The maximum Gasteiger partial charge on any atom is 0.303 e. The van der Waals surface area contributed by atoms with Crippen molar-refractivity contribution in [3.8, 4) is 0 Å². The molecule has 0 aromatic heterocycles. The molecule has 0 bridgehead atoms. The van der Waals surface area contributed by atoms with Gasteiger partial charge in [-0.3, -0.25) is 76.7 Å². The molecule has 2 aromatic carbocycles. The summed E-state index contributed by atoms with van der Waals surface area (Å²) in [6.07, 6.45) is -53.7. The van der Waals surface area contributed by atoms with Crippen molar-refractivity contribution in [3.05, 3.63) is 36.4 Å². The van der Waals surface area contributed by atoms with Crippen LogP contribution >= 0.6 is 0 Å². The minimum absolute atomic E-state index is 0.0859. The molecule has 0 unspecified atom stereocenters. The van der Waals surface area contributed by atoms with Gasteiger partial charge in [-0.1, -0.05) is 24.3 Å². The molecular weight excluding hydrogens is 1690 g/mol. The van der Waals surface area contributed by atoms with E-state index in [1.807, 2.05) is 0 Å². The number of rotatable bonds is 37. The Kier molecular flexibility index (Phi) is 37.3. The highest BCUT2D eigenvalue weighted by Crippen LogP contribution is 2.43. The van der Waals surface area contributed by atoms with Gasteiger partial charge in [-0.15, -0.1) is 0 Å². The summed E-state index contributed by atoms with van der Waals surface area (Å²) >= 11 is 0. The van der Waals surface area contributed by atoms with Gasteiger partial charge in [-0.05, 0) is 18.6 Å². The van der Waals surface area contributed by atoms with Crippen molar-refractivity contribution < 1.29 is 208 Å². The highest BCUT2D eigenvalue weighted by molar-refractivity contribution is 7.89. The first-order chi connectivity index (χ1) is 58.2. The molecule has 5 aliphatic heterocycles. The summed E-state index contributed by atoms with van der Waals surface area (Å²) in [5.41, 5.74) is 0.712. The predicted molar refractivity (Wildman–Crippen MR) is 401 cm³/mol. The van der Waals surface area contributed by atoms with Crippen LogP contribution in [0.1, 0.15) is 117 Å². The molecule has 0 radical (unpaired) electrons. The van der Waals surface area contributed by atoms with E-state index < -0.39 is 299 Å². The number of esters is 16. The Balaban J connectivity index is 1.43. The number of fused-ring (bicyclic) bond motifs is 1. The second-order valence-corrected chi connectivity index (χ2v) is 30.3. The maximum atomic E-state index is 14.1. The summed E-state index contributed by atoms with van der Waals surface area (Å²) in [4.78, 5) is 214. The Morgan fingerprint density at radius 2 is 0.540 bits per heavy atom. The third kappa shape index (κ3) is 28.8. The van der Waals surface area contributed by atoms with Crippen molar-refractivity contribution >= 4 is 122 Å². The summed E-state index contributed by atoms with van der Waals surface area (Å²) in [5.74, 6) is -18.0. The Morgan fingerprint density at radius 1 is 0.298 bits per heavy atom. The van der Waals surface area contributed by atoms with E-state index >= 15 is 0 Å². The Morgan fingerprint density at radius 3 is 0.831 bits per heavy atom. The van der Waals surface area contributed by atoms with Crippen molar-refractivity contribution in [3.63, 3.8) is 0 Å². The first kappa shape index (κ1) is 101. The predicted octanol–water partition coefficient (Wildman–Crippen LogP) is -0.180. The molecule has 5 aliphatic rings. The van der Waals surface area contributed by atoms with E-state index in [0.717, 1.165) is 111 Å². The van der Waals surface area contributed by atoms with Gasteiger partial charge >= 0.3 is 95.5 Å². The summed E-state index contributed by atoms with van der Waals surface area (Å²) < 4.78 is 187. The van der Waals surface area contributed by atoms with E-state index in [9.17, 15) is 85.1 Å². The van der Waals surface area contributed by atoms with Gasteiger partial charge in [0.1, 0.15) is 81.9 Å². The van der Waals surface area contributed by atoms with Crippen molar-refractivity contribution in [1.82, 2.24) is 4.72 Å². The van der Waals surface area contributed by atoms with E-state index in [-0.39, 0.29) is 17.9 Å². The molecule has 0 amide bonds. The van der Waals surface area contributed by atoms with Gasteiger partial charge in [0.15, 0.2) is 105 Å². The molecule has 0 spiro atoms. The van der Waals surface area contributed by atoms with Crippen LogP contribution < -0.4 is 9.62 Å². The molecule has 46 nitrogen and oxygen atoms in total. The van der Waals surface area contributed by atoms with Crippen LogP contribution in [0.5, 0.6) is 0 Å². The van der Waals surface area contributed by atoms with Crippen molar-refractivity contribution in [1.29, 1.82) is 0 Å². The van der Waals surface area contributed by atoms with E-state index in [4.69, 9.17) is 123 Å². The zero-order valence-electron chi connectivity index (χ0n) is 70.9. The average Bonchev–Trinajstić information content (AvgIpc) is 0.756. The second kappa shape index (κ2) is 46.0. The average molecular weight is 1790 g/mol. The topological polar surface area (TPSA) is 563 Å². The van der Waals surface area contributed by atoms with Crippen LogP contribution in [-0.4, -0.2) is 318 Å². The van der Waals surface area contributed by atoms with Gasteiger partial charge in [-0.2, -0.15) is 0 Å². The number of hydrogen-bond acceptors (Lipinski definition) is 45. The highest BCUT2D eigenvalue weighted by atomic mass is 32.2. The van der Waals surface area contributed by atoms with Gasteiger partial charge in [-0.25, -0.2) is 13.1 Å². The largest absolute Gasteiger partial charge is 0.463 e. The fourth-order valence-electron chi connectivity index (χ4n) is 13.9. The third-order valence-corrected chi connectivity index (χ3v) is 19.7. The Hall–Kier alpha value is -10.5. The van der Waals surface area contributed by atoms with Crippen LogP contribution in [0.3, 0.4) is 0 Å². The summed E-state index contributed by atoms with van der Waals surface area (Å²) in [6.45, 7) is 8.87. The summed E-state index contributed by atoms with van der Waals surface area (Å²) in [5, 5.41) is 0.988. The molecule has 0 aliphatic carbocycles. The monoisotopic (exact) mass is 1790 g/mol. The number of nitrogens with one attached hydrogen (secondary N) is 1. The Labute approximate surface area is 709 Å². The number of anilines is 1. The van der Waals surface area contributed by atoms with Gasteiger partial charge in [0.25, 0.3) is 0 Å². The van der Waals surface area contributed by atoms with Gasteiger partial charge in [0, 0.05) is 148 Å². The number of carbonyl (C=O) groups is 16. The minimum Gasteiger partial charge on any atom is -0.463 e. The molecular formula is C77H102N2O44S. The van der Waals surface area contributed by atoms with Crippen molar-refractivity contribution in [2.24, 2.45) is 0 Å². The van der Waals surface area contributed by atoms with Crippen LogP contribution in [0.15, 0.2) is 41.3 Å². The van der Waals surface area contributed by atoms with E-state index in [2.05, 4.69) is 4.72 Å². The zero-order valence-corrected chi connectivity index (χ0v) is 71.7. The van der Waals surface area contributed by atoms with Gasteiger partial charge in [0.2, 0.25) is 10.0 Å². The van der Waals surface area contributed by atoms with E-state index in [1.54, 1.807) is 49.3 Å². The molecule has 690 valence electrons. The number of benzene rings is 2. The summed E-state index contributed by atoms with van der Waals surface area (Å²) in [6, 6.07) is 9.80. The van der Waals surface area contributed by atoms with Crippen LogP contribution in [-0.2, 0) is 210 Å². The molecule has 124 heavy (non-hydrogen) atoms. The molecule has 5 saturated heterocycles. The molecule has 0 saturated carbocycles. The van der Waals surface area contributed by atoms with Gasteiger partial charge < -0.3 is 128 Å². The van der Waals surface area contributed by atoms with Crippen LogP contribution in [0, 0.1) is 0 Å². The molecule has 5 heterocycles. The fraction of sp³-hybridized carbons (Fsp3) is 0.662. The number of nitrogens with zero attached hydrogens (tertiary/aromatic N) is 1. The molecule has 1 N–H and O–H groups in total. The van der Waals surface area contributed by atoms with Gasteiger partial charge in [0.05, 0.1) is 11.5 Å². The molecule has 7 rings (SSSR count).